The molecule has 3 atom stereocenters. The molecule has 0 aromatic heterocycles. The van der Waals surface area contributed by atoms with Crippen LogP contribution in [0.5, 0.6) is 0 Å². The summed E-state index contributed by atoms with van der Waals surface area (Å²) in [5, 5.41) is 8.84. The van der Waals surface area contributed by atoms with Gasteiger partial charge in [-0.1, -0.05) is 84.9 Å². The molecule has 0 fully saturated rings. The summed E-state index contributed by atoms with van der Waals surface area (Å²) in [5.74, 6) is -0.543. The third-order valence-electron chi connectivity index (χ3n) is 6.67. The van der Waals surface area contributed by atoms with Gasteiger partial charge in [0.25, 0.3) is 0 Å². The van der Waals surface area contributed by atoms with Gasteiger partial charge in [0.15, 0.2) is 0 Å². The predicted molar refractivity (Wildman–Crippen MR) is 143 cm³/mol. The maximum Gasteiger partial charge on any atom is 0.246 e. The lowest BCUT2D eigenvalue weighted by Crippen LogP contribution is -2.61. The molecule has 1 aromatic carbocycles. The van der Waals surface area contributed by atoms with E-state index in [0.717, 1.165) is 5.56 Å². The number of carbonyl (C=O) groups is 3. The second kappa shape index (κ2) is 12.3. The molecule has 1 rings (SSSR count). The van der Waals surface area contributed by atoms with Crippen molar-refractivity contribution in [1.29, 1.82) is 0 Å². The lowest BCUT2D eigenvalue weighted by molar-refractivity contribution is -0.140. The molecule has 196 valence electrons. The molecule has 0 aliphatic rings. The molecule has 0 aliphatic heterocycles. The molecule has 7 heteroatoms. The normalized spacial score (nSPS) is 15.3. The second-order valence-electron chi connectivity index (χ2n) is 11.2. The Morgan fingerprint density at radius 3 is 1.91 bits per heavy atom. The minimum Gasteiger partial charge on any atom is -0.355 e. The van der Waals surface area contributed by atoms with Crippen LogP contribution >= 0.6 is 0 Å². The van der Waals surface area contributed by atoms with Crippen LogP contribution in [-0.4, -0.2) is 61.9 Å². The van der Waals surface area contributed by atoms with E-state index in [0.29, 0.717) is 5.57 Å². The maximum atomic E-state index is 13.8. The Morgan fingerprint density at radius 1 is 0.943 bits per heavy atom. The van der Waals surface area contributed by atoms with Crippen LogP contribution in [-0.2, 0) is 19.8 Å². The van der Waals surface area contributed by atoms with E-state index in [1.54, 1.807) is 33.0 Å². The second-order valence-corrected chi connectivity index (χ2v) is 11.2. The molecule has 3 N–H and O–H groups in total. The lowest BCUT2D eigenvalue weighted by atomic mass is 9.76. The predicted octanol–water partition coefficient (Wildman–Crippen LogP) is 3.26. The molecule has 35 heavy (non-hydrogen) atoms. The summed E-state index contributed by atoms with van der Waals surface area (Å²) in [7, 11) is 5.07. The highest BCUT2D eigenvalue weighted by Gasteiger charge is 2.41. The third kappa shape index (κ3) is 7.66. The Kier molecular flexibility index (Phi) is 10.7. The topological polar surface area (TPSA) is 90.5 Å². The summed E-state index contributed by atoms with van der Waals surface area (Å²) in [4.78, 5) is 41.1. The van der Waals surface area contributed by atoms with Crippen molar-refractivity contribution in [2.45, 2.75) is 78.9 Å². The van der Waals surface area contributed by atoms with Crippen LogP contribution in [0.3, 0.4) is 0 Å². The van der Waals surface area contributed by atoms with Crippen molar-refractivity contribution in [1.82, 2.24) is 20.9 Å². The summed E-state index contributed by atoms with van der Waals surface area (Å²) in [6.07, 6.45) is 1.82. The van der Waals surface area contributed by atoms with E-state index >= 15 is 0 Å². The minimum atomic E-state index is -0.752. The molecule has 0 spiro atoms. The van der Waals surface area contributed by atoms with Gasteiger partial charge in [-0.3, -0.25) is 14.4 Å². The van der Waals surface area contributed by atoms with Crippen molar-refractivity contribution < 1.29 is 14.4 Å². The van der Waals surface area contributed by atoms with E-state index in [2.05, 4.69) is 16.0 Å². The van der Waals surface area contributed by atoms with Crippen molar-refractivity contribution in [3.8, 4) is 0 Å². The van der Waals surface area contributed by atoms with Gasteiger partial charge in [0.1, 0.15) is 6.04 Å². The zero-order valence-corrected chi connectivity index (χ0v) is 23.4. The van der Waals surface area contributed by atoms with Gasteiger partial charge < -0.3 is 20.9 Å². The molecule has 0 saturated heterocycles. The Bertz CT molecular complexity index is 901. The van der Waals surface area contributed by atoms with Gasteiger partial charge in [0.2, 0.25) is 17.7 Å². The fourth-order valence-corrected chi connectivity index (χ4v) is 4.36. The van der Waals surface area contributed by atoms with E-state index in [-0.39, 0.29) is 29.7 Å². The van der Waals surface area contributed by atoms with Gasteiger partial charge >= 0.3 is 0 Å². The smallest absolute Gasteiger partial charge is 0.246 e. The van der Waals surface area contributed by atoms with Gasteiger partial charge in [-0.15, -0.1) is 0 Å². The fraction of sp³-hybridized carbons (Fsp3) is 0.607. The largest absolute Gasteiger partial charge is 0.355 e. The van der Waals surface area contributed by atoms with Gasteiger partial charge in [0.05, 0.1) is 12.1 Å². The average Bonchev–Trinajstić information content (AvgIpc) is 2.79. The third-order valence-corrected chi connectivity index (χ3v) is 6.67. The van der Waals surface area contributed by atoms with Crippen molar-refractivity contribution in [2.24, 2.45) is 11.3 Å². The van der Waals surface area contributed by atoms with Crippen LogP contribution in [0, 0.1) is 11.3 Å². The van der Waals surface area contributed by atoms with Crippen LogP contribution in [0.15, 0.2) is 42.0 Å². The summed E-state index contributed by atoms with van der Waals surface area (Å²) < 4.78 is 0. The zero-order valence-electron chi connectivity index (χ0n) is 23.4. The van der Waals surface area contributed by atoms with Crippen LogP contribution in [0.1, 0.15) is 61.0 Å². The van der Waals surface area contributed by atoms with Crippen molar-refractivity contribution >= 4 is 17.7 Å². The number of benzene rings is 1. The first-order chi connectivity index (χ1) is 16.1. The molecular weight excluding hydrogens is 440 g/mol. The number of hydrogen-bond acceptors (Lipinski definition) is 4. The van der Waals surface area contributed by atoms with Crippen molar-refractivity contribution in [3.05, 3.63) is 47.5 Å². The van der Waals surface area contributed by atoms with E-state index in [9.17, 15) is 14.4 Å². The van der Waals surface area contributed by atoms with Gasteiger partial charge in [-0.05, 0) is 30.9 Å². The lowest BCUT2D eigenvalue weighted by Gasteiger charge is -2.40. The zero-order chi connectivity index (χ0) is 27.1. The quantitative estimate of drug-likeness (QED) is 0.443. The van der Waals surface area contributed by atoms with Gasteiger partial charge in [-0.2, -0.15) is 0 Å². The molecule has 0 heterocycles. The molecule has 0 saturated carbocycles. The number of nitrogens with one attached hydrogen (secondary N) is 3. The first-order valence-corrected chi connectivity index (χ1v) is 12.3. The van der Waals surface area contributed by atoms with Crippen molar-refractivity contribution in [2.75, 3.05) is 21.1 Å². The van der Waals surface area contributed by atoms with Crippen molar-refractivity contribution in [3.63, 3.8) is 0 Å². The monoisotopic (exact) mass is 486 g/mol. The number of hydrogen-bond donors (Lipinski definition) is 3. The molecule has 0 bridgehead atoms. The number of nitrogens with zero attached hydrogens (tertiary/aromatic N) is 1. The number of rotatable bonds is 10. The number of carbonyl (C=O) groups excluding carboxylic acids is 3. The molecule has 7 nitrogen and oxygen atoms in total. The minimum absolute atomic E-state index is 0.0712. The van der Waals surface area contributed by atoms with E-state index in [1.807, 2.05) is 84.9 Å². The molecule has 2 unspecified atom stereocenters. The summed E-state index contributed by atoms with van der Waals surface area (Å²) in [6, 6.07) is 8.27. The first kappa shape index (κ1) is 30.4. The van der Waals surface area contributed by atoms with Crippen LogP contribution in [0.25, 0.3) is 0 Å². The molecule has 3 amide bonds. The highest BCUT2D eigenvalue weighted by Crippen LogP contribution is 2.29. The van der Waals surface area contributed by atoms with Gasteiger partial charge in [0, 0.05) is 25.1 Å². The standard InChI is InChI=1S/C28H46N4O3/c1-18(2)21(17-19(3)24(33)30-10)32(11)26(35)23(27(4,5)6)31-25(34)22(29-9)28(7,8)20-15-13-12-14-16-20/h12-18,21-23,29H,1-11H3,(H,30,33)(H,31,34)/b19-17+/t21-,22?,23?/m1/s1. The molecule has 0 aliphatic carbocycles. The molecule has 0 radical (unpaired) electrons. The SMILES string of the molecule is CNC(=O)/C(C)=C/[C@H](C(C)C)N(C)C(=O)C(NC(=O)C(NC)C(C)(C)c1ccccc1)C(C)(C)C. The Hall–Kier alpha value is -2.67. The molecule has 1 aromatic rings. The van der Waals surface area contributed by atoms with Crippen LogP contribution in [0.2, 0.25) is 0 Å². The van der Waals surface area contributed by atoms with Gasteiger partial charge in [-0.25, -0.2) is 0 Å². The van der Waals surface area contributed by atoms with Crippen LogP contribution < -0.4 is 16.0 Å². The Labute approximate surface area is 212 Å². The number of amides is 3. The number of likely N-dealkylation sites (N-methyl/N-ethyl adjacent to an activating group) is 3. The summed E-state index contributed by atoms with van der Waals surface area (Å²) in [5.41, 5.74) is 0.532. The summed E-state index contributed by atoms with van der Waals surface area (Å²) in [6.45, 7) is 15.6. The molecular formula is C28H46N4O3. The summed E-state index contributed by atoms with van der Waals surface area (Å²) >= 11 is 0. The Morgan fingerprint density at radius 2 is 1.49 bits per heavy atom. The maximum absolute atomic E-state index is 13.8. The Balaban J connectivity index is 3.29. The van der Waals surface area contributed by atoms with E-state index < -0.39 is 22.9 Å². The highest BCUT2D eigenvalue weighted by molar-refractivity contribution is 5.93. The first-order valence-electron chi connectivity index (χ1n) is 12.3. The average molecular weight is 487 g/mol. The van der Waals surface area contributed by atoms with Crippen LogP contribution in [0.4, 0.5) is 0 Å². The fourth-order valence-electron chi connectivity index (χ4n) is 4.36. The highest BCUT2D eigenvalue weighted by atomic mass is 16.2. The van der Waals surface area contributed by atoms with E-state index in [1.165, 1.54) is 0 Å². The van der Waals surface area contributed by atoms with E-state index in [4.69, 9.17) is 0 Å².